The van der Waals surface area contributed by atoms with Crippen molar-refractivity contribution in [1.82, 2.24) is 5.32 Å². The van der Waals surface area contributed by atoms with Crippen LogP contribution in [-0.2, 0) is 4.79 Å². The van der Waals surface area contributed by atoms with E-state index in [-0.39, 0.29) is 11.9 Å². The lowest BCUT2D eigenvalue weighted by Crippen LogP contribution is -2.18. The van der Waals surface area contributed by atoms with Crippen LogP contribution >= 0.6 is 0 Å². The number of carbonyl (C=O) groups excluding carboxylic acids is 1. The third-order valence-corrected chi connectivity index (χ3v) is 2.51. The molecular formula is C11H13NO2. The molecule has 0 saturated carbocycles. The van der Waals surface area contributed by atoms with E-state index in [1.807, 2.05) is 24.3 Å². The standard InChI is InChI=1S/C11H13NO2/c1-14-9-4-2-8(3-5-9)10-6-7-11(13)12-10/h2-5,10H,6-7H2,1H3,(H,12,13)/t10-/m0/s1. The number of amides is 1. The normalized spacial score (nSPS) is 20.6. The summed E-state index contributed by atoms with van der Waals surface area (Å²) in [6.45, 7) is 0. The molecule has 1 atom stereocenters. The predicted molar refractivity (Wildman–Crippen MR) is 53.1 cm³/mol. The van der Waals surface area contributed by atoms with Gasteiger partial charge < -0.3 is 10.1 Å². The van der Waals surface area contributed by atoms with E-state index in [0.717, 1.165) is 17.7 Å². The molecule has 1 aliphatic rings. The Hall–Kier alpha value is -1.51. The van der Waals surface area contributed by atoms with Crippen LogP contribution in [0, 0.1) is 0 Å². The molecule has 1 aromatic rings. The number of carbonyl (C=O) groups is 1. The lowest BCUT2D eigenvalue weighted by molar-refractivity contribution is -0.119. The van der Waals surface area contributed by atoms with Gasteiger partial charge in [0.15, 0.2) is 0 Å². The number of ether oxygens (including phenoxy) is 1. The number of nitrogens with one attached hydrogen (secondary N) is 1. The highest BCUT2D eigenvalue weighted by Gasteiger charge is 2.21. The Morgan fingerprint density at radius 3 is 2.57 bits per heavy atom. The molecule has 74 valence electrons. The summed E-state index contributed by atoms with van der Waals surface area (Å²) in [4.78, 5) is 11.0. The van der Waals surface area contributed by atoms with Gasteiger partial charge in [-0.25, -0.2) is 0 Å². The van der Waals surface area contributed by atoms with Gasteiger partial charge in [0.05, 0.1) is 13.2 Å². The van der Waals surface area contributed by atoms with E-state index < -0.39 is 0 Å². The highest BCUT2D eigenvalue weighted by molar-refractivity contribution is 5.78. The van der Waals surface area contributed by atoms with E-state index in [2.05, 4.69) is 5.32 Å². The second-order valence-corrected chi connectivity index (χ2v) is 3.43. The molecule has 2 rings (SSSR count). The summed E-state index contributed by atoms with van der Waals surface area (Å²) in [6, 6.07) is 8.01. The molecule has 0 spiro atoms. The smallest absolute Gasteiger partial charge is 0.220 e. The van der Waals surface area contributed by atoms with Crippen LogP contribution in [0.25, 0.3) is 0 Å². The van der Waals surface area contributed by atoms with Crippen molar-refractivity contribution in [2.24, 2.45) is 0 Å². The van der Waals surface area contributed by atoms with Gasteiger partial charge in [0.2, 0.25) is 5.91 Å². The molecule has 0 unspecified atom stereocenters. The first-order valence-corrected chi connectivity index (χ1v) is 4.73. The monoisotopic (exact) mass is 191 g/mol. The van der Waals surface area contributed by atoms with Gasteiger partial charge in [-0.3, -0.25) is 4.79 Å². The first kappa shape index (κ1) is 9.06. The van der Waals surface area contributed by atoms with E-state index in [1.54, 1.807) is 7.11 Å². The minimum atomic E-state index is 0.144. The average Bonchev–Trinajstić information content (AvgIpc) is 2.65. The molecule has 0 aliphatic carbocycles. The van der Waals surface area contributed by atoms with Crippen LogP contribution in [0.4, 0.5) is 0 Å². The second kappa shape index (κ2) is 3.70. The molecule has 0 aromatic heterocycles. The van der Waals surface area contributed by atoms with E-state index >= 15 is 0 Å². The Balaban J connectivity index is 2.13. The van der Waals surface area contributed by atoms with Gasteiger partial charge in [-0.1, -0.05) is 12.1 Å². The van der Waals surface area contributed by atoms with Crippen LogP contribution in [0.15, 0.2) is 24.3 Å². The third-order valence-electron chi connectivity index (χ3n) is 2.51. The number of benzene rings is 1. The van der Waals surface area contributed by atoms with Gasteiger partial charge in [-0.15, -0.1) is 0 Å². The van der Waals surface area contributed by atoms with Gasteiger partial charge in [0, 0.05) is 6.42 Å². The molecular weight excluding hydrogens is 178 g/mol. The summed E-state index contributed by atoms with van der Waals surface area (Å²) >= 11 is 0. The van der Waals surface area contributed by atoms with Gasteiger partial charge in [0.1, 0.15) is 5.75 Å². The average molecular weight is 191 g/mol. The number of rotatable bonds is 2. The van der Waals surface area contributed by atoms with Crippen molar-refractivity contribution in [3.63, 3.8) is 0 Å². The molecule has 1 saturated heterocycles. The van der Waals surface area contributed by atoms with Crippen LogP contribution in [0.1, 0.15) is 24.4 Å². The summed E-state index contributed by atoms with van der Waals surface area (Å²) in [7, 11) is 1.65. The first-order chi connectivity index (χ1) is 6.79. The van der Waals surface area contributed by atoms with Crippen molar-refractivity contribution in [3.8, 4) is 5.75 Å². The maximum absolute atomic E-state index is 11.0. The largest absolute Gasteiger partial charge is 0.497 e. The Bertz CT molecular complexity index is 332. The predicted octanol–water partition coefficient (Wildman–Crippen LogP) is 1.65. The zero-order chi connectivity index (χ0) is 9.97. The molecule has 1 heterocycles. The highest BCUT2D eigenvalue weighted by Crippen LogP contribution is 2.25. The molecule has 14 heavy (non-hydrogen) atoms. The van der Waals surface area contributed by atoms with Crippen molar-refractivity contribution in [3.05, 3.63) is 29.8 Å². The fourth-order valence-corrected chi connectivity index (χ4v) is 1.70. The summed E-state index contributed by atoms with van der Waals surface area (Å²) in [5, 5.41) is 2.93. The summed E-state index contributed by atoms with van der Waals surface area (Å²) in [5.41, 5.74) is 1.15. The van der Waals surface area contributed by atoms with Gasteiger partial charge in [0.25, 0.3) is 0 Å². The summed E-state index contributed by atoms with van der Waals surface area (Å²) in [5.74, 6) is 0.990. The molecule has 1 aliphatic heterocycles. The van der Waals surface area contributed by atoms with E-state index in [9.17, 15) is 4.79 Å². The topological polar surface area (TPSA) is 38.3 Å². The fourth-order valence-electron chi connectivity index (χ4n) is 1.70. The van der Waals surface area contributed by atoms with Crippen molar-refractivity contribution in [1.29, 1.82) is 0 Å². The minimum Gasteiger partial charge on any atom is -0.497 e. The first-order valence-electron chi connectivity index (χ1n) is 4.73. The SMILES string of the molecule is COc1ccc([C@@H]2CCC(=O)N2)cc1. The Labute approximate surface area is 83.1 Å². The van der Waals surface area contributed by atoms with Crippen LogP contribution in [0.3, 0.4) is 0 Å². The molecule has 1 N–H and O–H groups in total. The van der Waals surface area contributed by atoms with Crippen LogP contribution in [-0.4, -0.2) is 13.0 Å². The highest BCUT2D eigenvalue weighted by atomic mass is 16.5. The minimum absolute atomic E-state index is 0.144. The lowest BCUT2D eigenvalue weighted by Gasteiger charge is -2.10. The van der Waals surface area contributed by atoms with Crippen molar-refractivity contribution >= 4 is 5.91 Å². The van der Waals surface area contributed by atoms with E-state index in [1.165, 1.54) is 0 Å². The zero-order valence-electron chi connectivity index (χ0n) is 8.12. The molecule has 0 bridgehead atoms. The number of methoxy groups -OCH3 is 1. The molecule has 1 fully saturated rings. The fraction of sp³-hybridized carbons (Fsp3) is 0.364. The Kier molecular flexibility index (Phi) is 2.39. The van der Waals surface area contributed by atoms with Gasteiger partial charge >= 0.3 is 0 Å². The van der Waals surface area contributed by atoms with Crippen LogP contribution in [0.5, 0.6) is 5.75 Å². The van der Waals surface area contributed by atoms with Crippen LogP contribution < -0.4 is 10.1 Å². The van der Waals surface area contributed by atoms with Crippen molar-refractivity contribution < 1.29 is 9.53 Å². The maximum atomic E-state index is 11.0. The molecule has 1 aromatic carbocycles. The number of hydrogen-bond donors (Lipinski definition) is 1. The molecule has 3 nitrogen and oxygen atoms in total. The molecule has 3 heteroatoms. The Morgan fingerprint density at radius 2 is 2.07 bits per heavy atom. The third kappa shape index (κ3) is 1.71. The maximum Gasteiger partial charge on any atom is 0.220 e. The van der Waals surface area contributed by atoms with Crippen LogP contribution in [0.2, 0.25) is 0 Å². The van der Waals surface area contributed by atoms with Crippen molar-refractivity contribution in [2.75, 3.05) is 7.11 Å². The Morgan fingerprint density at radius 1 is 1.36 bits per heavy atom. The lowest BCUT2D eigenvalue weighted by atomic mass is 10.1. The quantitative estimate of drug-likeness (QED) is 0.771. The number of hydrogen-bond acceptors (Lipinski definition) is 2. The van der Waals surface area contributed by atoms with Gasteiger partial charge in [-0.05, 0) is 24.1 Å². The van der Waals surface area contributed by atoms with Crippen molar-refractivity contribution in [2.45, 2.75) is 18.9 Å². The molecule has 1 amide bonds. The summed E-state index contributed by atoms with van der Waals surface area (Å²) in [6.07, 6.45) is 1.53. The zero-order valence-corrected chi connectivity index (χ0v) is 8.12. The summed E-state index contributed by atoms with van der Waals surface area (Å²) < 4.78 is 5.07. The van der Waals surface area contributed by atoms with E-state index in [0.29, 0.717) is 6.42 Å². The molecule has 0 radical (unpaired) electrons. The second-order valence-electron chi connectivity index (χ2n) is 3.43. The van der Waals surface area contributed by atoms with E-state index in [4.69, 9.17) is 4.74 Å². The van der Waals surface area contributed by atoms with Gasteiger partial charge in [-0.2, -0.15) is 0 Å².